The molecule has 0 atom stereocenters. The first kappa shape index (κ1) is 35.2. The van der Waals surface area contributed by atoms with E-state index in [0.29, 0.717) is 0 Å². The Morgan fingerprint density at radius 3 is 1.52 bits per heavy atom. The number of hydrogen-bond donors (Lipinski definition) is 0. The summed E-state index contributed by atoms with van der Waals surface area (Å²) in [7, 11) is 0. The highest BCUT2D eigenvalue weighted by molar-refractivity contribution is 7.25. The summed E-state index contributed by atoms with van der Waals surface area (Å²) in [6.07, 6.45) is 0. The monoisotopic (exact) mass is 794 g/mol. The minimum Gasteiger partial charge on any atom is -0.310 e. The van der Waals surface area contributed by atoms with Crippen molar-refractivity contribution in [3.8, 4) is 39.1 Å². The molecule has 0 radical (unpaired) electrons. The fraction of sp³-hybridized carbons (Fsp3) is 0. The maximum atomic E-state index is 2.44. The standard InChI is InChI=1S/C58H38N2S/c1-3-11-39(12-4-1)40-19-21-41(22-20-40)42-23-29-47(30-24-42)59(49-33-36-57-54(38-49)52-17-9-10-18-56(52)61-57)48-31-25-43(26-32-48)45-28-34-51-53-35-27-44-13-7-8-16-50(44)58(53)60(55(51)37-45)46-14-5-2-6-15-46/h1-38H. The van der Waals surface area contributed by atoms with Crippen LogP contribution in [0.4, 0.5) is 17.1 Å². The molecule has 2 heterocycles. The summed E-state index contributed by atoms with van der Waals surface area (Å²) in [6.45, 7) is 0. The number of para-hydroxylation sites is 1. The van der Waals surface area contributed by atoms with E-state index >= 15 is 0 Å². The minimum absolute atomic E-state index is 1.11. The molecular formula is C58H38N2S. The smallest absolute Gasteiger partial charge is 0.0619 e. The second kappa shape index (κ2) is 14.5. The number of benzene rings is 10. The van der Waals surface area contributed by atoms with Crippen LogP contribution in [0, 0.1) is 0 Å². The van der Waals surface area contributed by atoms with Gasteiger partial charge in [-0.25, -0.2) is 0 Å². The Labute approximate surface area is 358 Å². The zero-order chi connectivity index (χ0) is 40.3. The van der Waals surface area contributed by atoms with Crippen LogP contribution in [0.25, 0.3) is 91.8 Å². The van der Waals surface area contributed by atoms with E-state index in [2.05, 4.69) is 240 Å². The third kappa shape index (κ3) is 6.09. The Morgan fingerprint density at radius 2 is 0.820 bits per heavy atom. The van der Waals surface area contributed by atoms with Gasteiger partial charge in [0.1, 0.15) is 0 Å². The van der Waals surface area contributed by atoms with E-state index in [1.807, 2.05) is 11.3 Å². The Kier molecular flexibility index (Phi) is 8.39. The van der Waals surface area contributed by atoms with Crippen molar-refractivity contribution >= 4 is 81.1 Å². The molecule has 0 amide bonds. The molecule has 0 aliphatic carbocycles. The van der Waals surface area contributed by atoms with Crippen molar-refractivity contribution in [2.45, 2.75) is 0 Å². The number of aromatic nitrogens is 1. The fourth-order valence-corrected chi connectivity index (χ4v) is 10.3. The van der Waals surface area contributed by atoms with Gasteiger partial charge < -0.3 is 9.47 Å². The van der Waals surface area contributed by atoms with Gasteiger partial charge in [-0.15, -0.1) is 11.3 Å². The van der Waals surface area contributed by atoms with Crippen molar-refractivity contribution in [2.75, 3.05) is 4.90 Å². The van der Waals surface area contributed by atoms with Crippen LogP contribution < -0.4 is 4.90 Å². The predicted molar refractivity (Wildman–Crippen MR) is 262 cm³/mol. The van der Waals surface area contributed by atoms with Gasteiger partial charge in [0, 0.05) is 59.1 Å². The molecule has 0 fully saturated rings. The Bertz CT molecular complexity index is 3550. The molecular weight excluding hydrogens is 757 g/mol. The summed E-state index contributed by atoms with van der Waals surface area (Å²) in [5, 5.41) is 7.60. The highest BCUT2D eigenvalue weighted by atomic mass is 32.1. The molecule has 3 heteroatoms. The summed E-state index contributed by atoms with van der Waals surface area (Å²) in [5.74, 6) is 0. The first-order valence-corrected chi connectivity index (χ1v) is 21.6. The topological polar surface area (TPSA) is 8.17 Å². The first-order chi connectivity index (χ1) is 30.2. The molecule has 2 aromatic heterocycles. The van der Waals surface area contributed by atoms with E-state index in [4.69, 9.17) is 0 Å². The summed E-state index contributed by atoms with van der Waals surface area (Å²) in [5.41, 5.74) is 14.1. The number of hydrogen-bond acceptors (Lipinski definition) is 2. The van der Waals surface area contributed by atoms with E-state index in [1.54, 1.807) is 0 Å². The average Bonchev–Trinajstić information content (AvgIpc) is 3.88. The largest absolute Gasteiger partial charge is 0.310 e. The van der Waals surface area contributed by atoms with Crippen LogP contribution in [0.1, 0.15) is 0 Å². The molecule has 0 aliphatic rings. The maximum absolute atomic E-state index is 2.44. The van der Waals surface area contributed by atoms with Crippen molar-refractivity contribution < 1.29 is 0 Å². The Morgan fingerprint density at radius 1 is 0.311 bits per heavy atom. The number of anilines is 3. The lowest BCUT2D eigenvalue weighted by molar-refractivity contribution is 1.19. The van der Waals surface area contributed by atoms with Gasteiger partial charge >= 0.3 is 0 Å². The zero-order valence-electron chi connectivity index (χ0n) is 33.2. The minimum atomic E-state index is 1.11. The second-order valence-electron chi connectivity index (χ2n) is 15.7. The quantitative estimate of drug-likeness (QED) is 0.156. The van der Waals surface area contributed by atoms with Gasteiger partial charge in [0.05, 0.1) is 11.0 Å². The summed E-state index contributed by atoms with van der Waals surface area (Å²) in [6, 6.07) is 84.1. The molecule has 12 aromatic rings. The SMILES string of the molecule is c1ccc(-c2ccc(-c3ccc(N(c4ccc(-c5ccc6c7ccc8ccccc8c7n(-c7ccccc7)c6c5)cc4)c4ccc5sc6ccccc6c5c4)cc3)cc2)cc1. The summed E-state index contributed by atoms with van der Waals surface area (Å²) < 4.78 is 5.05. The van der Waals surface area contributed by atoms with Crippen LogP contribution in [-0.4, -0.2) is 4.57 Å². The highest BCUT2D eigenvalue weighted by Gasteiger charge is 2.18. The van der Waals surface area contributed by atoms with Crippen molar-refractivity contribution in [3.05, 3.63) is 231 Å². The van der Waals surface area contributed by atoms with Gasteiger partial charge in [0.15, 0.2) is 0 Å². The molecule has 0 saturated carbocycles. The predicted octanol–water partition coefficient (Wildman–Crippen LogP) is 16.8. The molecule has 10 aromatic carbocycles. The second-order valence-corrected chi connectivity index (χ2v) is 16.8. The number of nitrogens with zero attached hydrogens (tertiary/aromatic N) is 2. The van der Waals surface area contributed by atoms with Gasteiger partial charge in [-0.1, -0.05) is 164 Å². The van der Waals surface area contributed by atoms with Crippen LogP contribution in [-0.2, 0) is 0 Å². The molecule has 0 N–H and O–H groups in total. The molecule has 2 nitrogen and oxygen atoms in total. The van der Waals surface area contributed by atoms with Gasteiger partial charge in [-0.05, 0) is 105 Å². The molecule has 0 spiro atoms. The van der Waals surface area contributed by atoms with Crippen molar-refractivity contribution in [2.24, 2.45) is 0 Å². The van der Waals surface area contributed by atoms with Crippen molar-refractivity contribution in [1.29, 1.82) is 0 Å². The molecule has 61 heavy (non-hydrogen) atoms. The first-order valence-electron chi connectivity index (χ1n) is 20.8. The molecule has 0 unspecified atom stereocenters. The van der Waals surface area contributed by atoms with E-state index < -0.39 is 0 Å². The van der Waals surface area contributed by atoms with Crippen LogP contribution in [0.2, 0.25) is 0 Å². The average molecular weight is 795 g/mol. The van der Waals surface area contributed by atoms with Crippen LogP contribution in [0.5, 0.6) is 0 Å². The van der Waals surface area contributed by atoms with Crippen LogP contribution >= 0.6 is 11.3 Å². The fourth-order valence-electron chi connectivity index (χ4n) is 9.20. The van der Waals surface area contributed by atoms with Crippen LogP contribution in [0.3, 0.4) is 0 Å². The maximum Gasteiger partial charge on any atom is 0.0619 e. The van der Waals surface area contributed by atoms with Gasteiger partial charge in [0.2, 0.25) is 0 Å². The third-order valence-corrected chi connectivity index (χ3v) is 13.3. The van der Waals surface area contributed by atoms with Gasteiger partial charge in [-0.2, -0.15) is 0 Å². The Balaban J connectivity index is 0.953. The number of rotatable bonds is 7. The third-order valence-electron chi connectivity index (χ3n) is 12.2. The van der Waals surface area contributed by atoms with Crippen molar-refractivity contribution in [1.82, 2.24) is 4.57 Å². The summed E-state index contributed by atoms with van der Waals surface area (Å²) >= 11 is 1.85. The van der Waals surface area contributed by atoms with E-state index in [9.17, 15) is 0 Å². The van der Waals surface area contributed by atoms with Crippen molar-refractivity contribution in [3.63, 3.8) is 0 Å². The molecule has 286 valence electrons. The highest BCUT2D eigenvalue weighted by Crippen LogP contribution is 2.43. The zero-order valence-corrected chi connectivity index (χ0v) is 34.1. The lowest BCUT2D eigenvalue weighted by atomic mass is 10.00. The molecule has 0 saturated heterocycles. The molecule has 12 rings (SSSR count). The molecule has 0 aliphatic heterocycles. The summed E-state index contributed by atoms with van der Waals surface area (Å²) in [4.78, 5) is 2.39. The van der Waals surface area contributed by atoms with E-state index in [0.717, 1.165) is 22.7 Å². The van der Waals surface area contributed by atoms with Crippen LogP contribution in [0.15, 0.2) is 231 Å². The van der Waals surface area contributed by atoms with E-state index in [-0.39, 0.29) is 0 Å². The van der Waals surface area contributed by atoms with E-state index in [1.165, 1.54) is 86.1 Å². The molecule has 0 bridgehead atoms. The lowest BCUT2D eigenvalue weighted by Gasteiger charge is -2.26. The lowest BCUT2D eigenvalue weighted by Crippen LogP contribution is -2.09. The number of fused-ring (bicyclic) bond motifs is 8. The Hall–Kier alpha value is -7.72. The van der Waals surface area contributed by atoms with Gasteiger partial charge in [-0.3, -0.25) is 0 Å². The number of thiophene rings is 1. The van der Waals surface area contributed by atoms with Gasteiger partial charge in [0.25, 0.3) is 0 Å². The normalized spacial score (nSPS) is 11.6.